The Balaban J connectivity index is 2.40. The maximum Gasteiger partial charge on any atom is 0.419 e. The van der Waals surface area contributed by atoms with Gasteiger partial charge < -0.3 is 0 Å². The first-order valence-corrected chi connectivity index (χ1v) is 5.88. The van der Waals surface area contributed by atoms with Crippen LogP contribution in [-0.4, -0.2) is 5.78 Å². The molecular formula is C15H9F5O. The van der Waals surface area contributed by atoms with Gasteiger partial charge in [0.25, 0.3) is 0 Å². The van der Waals surface area contributed by atoms with Crippen LogP contribution >= 0.6 is 0 Å². The fourth-order valence-corrected chi connectivity index (χ4v) is 1.79. The van der Waals surface area contributed by atoms with E-state index in [4.69, 9.17) is 0 Å². The van der Waals surface area contributed by atoms with Crippen molar-refractivity contribution in [2.45, 2.75) is 13.1 Å². The van der Waals surface area contributed by atoms with Gasteiger partial charge in [-0.1, -0.05) is 18.2 Å². The van der Waals surface area contributed by atoms with Gasteiger partial charge in [0.2, 0.25) is 0 Å². The van der Waals surface area contributed by atoms with E-state index in [0.29, 0.717) is 17.7 Å². The highest BCUT2D eigenvalue weighted by molar-refractivity contribution is 6.09. The predicted molar refractivity (Wildman–Crippen MR) is 66.0 cm³/mol. The molecule has 0 spiro atoms. The van der Waals surface area contributed by atoms with Crippen molar-refractivity contribution in [3.8, 4) is 0 Å². The van der Waals surface area contributed by atoms with E-state index < -0.39 is 29.2 Å². The molecule has 0 heterocycles. The molecule has 6 heteroatoms. The highest BCUT2D eigenvalue weighted by Crippen LogP contribution is 2.31. The topological polar surface area (TPSA) is 17.1 Å². The monoisotopic (exact) mass is 300 g/mol. The van der Waals surface area contributed by atoms with Crippen LogP contribution in [0.2, 0.25) is 0 Å². The molecule has 2 aromatic rings. The summed E-state index contributed by atoms with van der Waals surface area (Å²) in [4.78, 5) is 12.0. The summed E-state index contributed by atoms with van der Waals surface area (Å²) in [6.45, 7) is 1.50. The highest BCUT2D eigenvalue weighted by atomic mass is 19.4. The number of hydrogen-bond acceptors (Lipinski definition) is 1. The first-order chi connectivity index (χ1) is 9.70. The fraction of sp³-hybridized carbons (Fsp3) is 0.133. The Bertz CT molecular complexity index is 704. The van der Waals surface area contributed by atoms with Crippen LogP contribution in [0, 0.1) is 18.6 Å². The summed E-state index contributed by atoms with van der Waals surface area (Å²) < 4.78 is 64.1. The molecule has 0 saturated carbocycles. The van der Waals surface area contributed by atoms with Crippen molar-refractivity contribution in [1.82, 2.24) is 0 Å². The van der Waals surface area contributed by atoms with Crippen molar-refractivity contribution < 1.29 is 26.7 Å². The summed E-state index contributed by atoms with van der Waals surface area (Å²) in [5, 5.41) is 0. The number of alkyl halides is 3. The molecule has 0 bridgehead atoms. The Hall–Kier alpha value is -2.24. The van der Waals surface area contributed by atoms with Gasteiger partial charge in [0.1, 0.15) is 11.6 Å². The van der Waals surface area contributed by atoms with Gasteiger partial charge in [-0.25, -0.2) is 8.78 Å². The number of rotatable bonds is 2. The number of hydrogen-bond donors (Lipinski definition) is 0. The summed E-state index contributed by atoms with van der Waals surface area (Å²) >= 11 is 0. The minimum Gasteiger partial charge on any atom is -0.289 e. The van der Waals surface area contributed by atoms with Gasteiger partial charge in [0, 0.05) is 11.1 Å². The molecule has 0 unspecified atom stereocenters. The largest absolute Gasteiger partial charge is 0.419 e. The molecule has 0 aliphatic carbocycles. The van der Waals surface area contributed by atoms with Crippen molar-refractivity contribution in [3.05, 3.63) is 70.3 Å². The average Bonchev–Trinajstić information content (AvgIpc) is 2.39. The number of carbonyl (C=O) groups is 1. The summed E-state index contributed by atoms with van der Waals surface area (Å²) in [6, 6.07) is 5.52. The smallest absolute Gasteiger partial charge is 0.289 e. The van der Waals surface area contributed by atoms with E-state index in [1.54, 1.807) is 0 Å². The molecule has 1 nitrogen and oxygen atoms in total. The second-order valence-corrected chi connectivity index (χ2v) is 4.49. The van der Waals surface area contributed by atoms with Crippen LogP contribution in [0.5, 0.6) is 0 Å². The molecular weight excluding hydrogens is 291 g/mol. The van der Waals surface area contributed by atoms with Gasteiger partial charge >= 0.3 is 6.18 Å². The third-order valence-electron chi connectivity index (χ3n) is 2.97. The Morgan fingerprint density at radius 2 is 1.43 bits per heavy atom. The molecule has 0 aromatic heterocycles. The van der Waals surface area contributed by atoms with Crippen LogP contribution < -0.4 is 0 Å². The van der Waals surface area contributed by atoms with Crippen LogP contribution in [0.15, 0.2) is 36.4 Å². The van der Waals surface area contributed by atoms with Crippen LogP contribution in [0.4, 0.5) is 22.0 Å². The molecule has 2 rings (SSSR count). The van der Waals surface area contributed by atoms with Gasteiger partial charge in [0.05, 0.1) is 5.56 Å². The molecule has 0 aliphatic rings. The normalized spacial score (nSPS) is 11.5. The molecule has 0 aliphatic heterocycles. The standard InChI is InChI=1S/C15H9F5O/c1-8-2-3-9(6-12(8)16)14(21)10-4-5-11(13(17)7-10)15(18,19)20/h2-7H,1H3. The maximum atomic E-state index is 13.4. The van der Waals surface area contributed by atoms with Crippen LogP contribution in [0.25, 0.3) is 0 Å². The molecule has 2 aromatic carbocycles. The van der Waals surface area contributed by atoms with Crippen molar-refractivity contribution in [2.24, 2.45) is 0 Å². The van der Waals surface area contributed by atoms with E-state index in [1.807, 2.05) is 0 Å². The summed E-state index contributed by atoms with van der Waals surface area (Å²) in [5.41, 5.74) is -1.46. The van der Waals surface area contributed by atoms with Gasteiger partial charge in [-0.15, -0.1) is 0 Å². The van der Waals surface area contributed by atoms with E-state index in [0.717, 1.165) is 12.1 Å². The Kier molecular flexibility index (Phi) is 3.80. The van der Waals surface area contributed by atoms with E-state index >= 15 is 0 Å². The summed E-state index contributed by atoms with van der Waals surface area (Å²) in [6.07, 6.45) is -4.83. The van der Waals surface area contributed by atoms with Crippen molar-refractivity contribution in [3.63, 3.8) is 0 Å². The molecule has 110 valence electrons. The lowest BCUT2D eigenvalue weighted by Gasteiger charge is -2.09. The SMILES string of the molecule is Cc1ccc(C(=O)c2ccc(C(F)(F)F)c(F)c2)cc1F. The molecule has 0 fully saturated rings. The third-order valence-corrected chi connectivity index (χ3v) is 2.97. The van der Waals surface area contributed by atoms with E-state index in [9.17, 15) is 26.7 Å². The lowest BCUT2D eigenvalue weighted by atomic mass is 10.0. The number of halogens is 5. The zero-order valence-corrected chi connectivity index (χ0v) is 10.8. The fourth-order valence-electron chi connectivity index (χ4n) is 1.79. The third kappa shape index (κ3) is 3.09. The minimum absolute atomic E-state index is 0.0581. The number of ketones is 1. The lowest BCUT2D eigenvalue weighted by Crippen LogP contribution is -2.10. The minimum atomic E-state index is -4.83. The summed E-state index contributed by atoms with van der Waals surface area (Å²) in [7, 11) is 0. The zero-order chi connectivity index (χ0) is 15.8. The molecule has 21 heavy (non-hydrogen) atoms. The predicted octanol–water partition coefficient (Wildman–Crippen LogP) is 4.52. The molecule has 0 N–H and O–H groups in total. The number of benzene rings is 2. The molecule has 0 radical (unpaired) electrons. The van der Waals surface area contributed by atoms with Gasteiger partial charge in [-0.05, 0) is 30.7 Å². The first-order valence-electron chi connectivity index (χ1n) is 5.88. The summed E-state index contributed by atoms with van der Waals surface area (Å²) in [5.74, 6) is -2.91. The van der Waals surface area contributed by atoms with Crippen molar-refractivity contribution in [1.29, 1.82) is 0 Å². The Labute approximate surface area is 117 Å². The van der Waals surface area contributed by atoms with Gasteiger partial charge in [0.15, 0.2) is 5.78 Å². The van der Waals surface area contributed by atoms with Crippen LogP contribution in [-0.2, 0) is 6.18 Å². The first kappa shape index (κ1) is 15.2. The molecule has 0 saturated heterocycles. The van der Waals surface area contributed by atoms with Crippen molar-refractivity contribution >= 4 is 5.78 Å². The Morgan fingerprint density at radius 3 is 1.90 bits per heavy atom. The molecule has 0 atom stereocenters. The number of aryl methyl sites for hydroxylation is 1. The quantitative estimate of drug-likeness (QED) is 0.588. The average molecular weight is 300 g/mol. The maximum absolute atomic E-state index is 13.4. The van der Waals surface area contributed by atoms with Gasteiger partial charge in [-0.2, -0.15) is 13.2 Å². The van der Waals surface area contributed by atoms with E-state index in [1.165, 1.54) is 19.1 Å². The zero-order valence-electron chi connectivity index (χ0n) is 10.8. The van der Waals surface area contributed by atoms with Gasteiger partial charge in [-0.3, -0.25) is 4.79 Å². The van der Waals surface area contributed by atoms with E-state index in [-0.39, 0.29) is 11.1 Å². The van der Waals surface area contributed by atoms with Crippen LogP contribution in [0.3, 0.4) is 0 Å². The van der Waals surface area contributed by atoms with Crippen LogP contribution in [0.1, 0.15) is 27.0 Å². The highest BCUT2D eigenvalue weighted by Gasteiger charge is 2.34. The number of carbonyl (C=O) groups excluding carboxylic acids is 1. The second kappa shape index (κ2) is 5.27. The van der Waals surface area contributed by atoms with E-state index in [2.05, 4.69) is 0 Å². The second-order valence-electron chi connectivity index (χ2n) is 4.49. The lowest BCUT2D eigenvalue weighted by molar-refractivity contribution is -0.140. The molecule has 0 amide bonds. The Morgan fingerprint density at radius 1 is 0.905 bits per heavy atom. The van der Waals surface area contributed by atoms with Crippen molar-refractivity contribution in [2.75, 3.05) is 0 Å².